The molecular formula is C35H36N6O4. The number of aromatic nitrogens is 3. The van der Waals surface area contributed by atoms with Gasteiger partial charge in [0.1, 0.15) is 23.9 Å². The highest BCUT2D eigenvalue weighted by Crippen LogP contribution is 2.29. The van der Waals surface area contributed by atoms with Crippen molar-refractivity contribution >= 4 is 34.2 Å². The zero-order chi connectivity index (χ0) is 31.2. The highest BCUT2D eigenvalue weighted by Gasteiger charge is 2.32. The number of rotatable bonds is 10. The molecule has 45 heavy (non-hydrogen) atoms. The average Bonchev–Trinajstić information content (AvgIpc) is 3.49. The summed E-state index contributed by atoms with van der Waals surface area (Å²) >= 11 is 0. The number of para-hydroxylation sites is 1. The molecule has 1 unspecified atom stereocenters. The molecule has 0 saturated carbocycles. The summed E-state index contributed by atoms with van der Waals surface area (Å²) in [6.45, 7) is 5.17. The number of anilines is 2. The first-order valence-corrected chi connectivity index (χ1v) is 15.0. The molecule has 0 spiro atoms. The molecule has 10 heteroatoms. The Balaban J connectivity index is 1.34. The van der Waals surface area contributed by atoms with E-state index < -0.39 is 6.04 Å². The topological polar surface area (TPSA) is 102 Å². The van der Waals surface area contributed by atoms with Crippen molar-refractivity contribution in [3.63, 3.8) is 0 Å². The fourth-order valence-corrected chi connectivity index (χ4v) is 5.51. The standard InChI is InChI=1S/C35H36N6O4/c1-25-7-9-26(10-8-25)23-40(33(42)24-41-32-6-4-3-5-31(32)37-38-41)34(27-11-17-30(44-2)18-12-27)35(43)36-28-13-15-29(16-14-28)39-19-21-45-22-20-39/h3-18,34H,19-24H2,1-2H3,(H,36,43). The third-order valence-electron chi connectivity index (χ3n) is 8.00. The molecular weight excluding hydrogens is 568 g/mol. The molecule has 2 heterocycles. The highest BCUT2D eigenvalue weighted by atomic mass is 16.5. The molecule has 1 saturated heterocycles. The number of methoxy groups -OCH3 is 1. The van der Waals surface area contributed by atoms with Gasteiger partial charge in [-0.15, -0.1) is 5.10 Å². The number of carbonyl (C=O) groups is 2. The van der Waals surface area contributed by atoms with Crippen molar-refractivity contribution in [2.75, 3.05) is 43.6 Å². The number of benzene rings is 4. The number of nitrogens with zero attached hydrogens (tertiary/aromatic N) is 5. The SMILES string of the molecule is COc1ccc(C(C(=O)Nc2ccc(N3CCOCC3)cc2)N(Cc2ccc(C)cc2)C(=O)Cn2nnc3ccccc32)cc1. The van der Waals surface area contributed by atoms with Crippen molar-refractivity contribution in [2.24, 2.45) is 0 Å². The van der Waals surface area contributed by atoms with Crippen molar-refractivity contribution in [1.29, 1.82) is 0 Å². The van der Waals surface area contributed by atoms with Crippen molar-refractivity contribution in [3.8, 4) is 5.75 Å². The molecule has 1 atom stereocenters. The first-order valence-electron chi connectivity index (χ1n) is 15.0. The fraction of sp³-hybridized carbons (Fsp3) is 0.257. The van der Waals surface area contributed by atoms with Crippen LogP contribution in [0.25, 0.3) is 11.0 Å². The zero-order valence-corrected chi connectivity index (χ0v) is 25.4. The molecule has 10 nitrogen and oxygen atoms in total. The monoisotopic (exact) mass is 604 g/mol. The molecule has 5 aromatic rings. The van der Waals surface area contributed by atoms with E-state index in [4.69, 9.17) is 9.47 Å². The summed E-state index contributed by atoms with van der Waals surface area (Å²) in [7, 11) is 1.59. The van der Waals surface area contributed by atoms with Gasteiger partial charge in [0, 0.05) is 31.0 Å². The van der Waals surface area contributed by atoms with E-state index in [9.17, 15) is 9.59 Å². The number of amides is 2. The Morgan fingerprint density at radius 1 is 0.933 bits per heavy atom. The van der Waals surface area contributed by atoms with Crippen LogP contribution in [0.4, 0.5) is 11.4 Å². The van der Waals surface area contributed by atoms with Crippen LogP contribution >= 0.6 is 0 Å². The van der Waals surface area contributed by atoms with Gasteiger partial charge < -0.3 is 24.6 Å². The van der Waals surface area contributed by atoms with Crippen LogP contribution in [0.5, 0.6) is 5.75 Å². The average molecular weight is 605 g/mol. The molecule has 1 fully saturated rings. The Morgan fingerprint density at radius 3 is 2.36 bits per heavy atom. The second-order valence-electron chi connectivity index (χ2n) is 11.1. The number of carbonyl (C=O) groups excluding carboxylic acids is 2. The van der Waals surface area contributed by atoms with Gasteiger partial charge in [0.25, 0.3) is 5.91 Å². The van der Waals surface area contributed by atoms with Crippen LogP contribution in [0, 0.1) is 6.92 Å². The minimum absolute atomic E-state index is 0.0828. The van der Waals surface area contributed by atoms with Gasteiger partial charge in [-0.1, -0.05) is 59.3 Å². The predicted octanol–water partition coefficient (Wildman–Crippen LogP) is 4.99. The van der Waals surface area contributed by atoms with Crippen molar-refractivity contribution in [2.45, 2.75) is 26.1 Å². The maximum Gasteiger partial charge on any atom is 0.251 e. The van der Waals surface area contributed by atoms with Crippen LogP contribution in [0.15, 0.2) is 97.1 Å². The largest absolute Gasteiger partial charge is 0.497 e. The van der Waals surface area contributed by atoms with Crippen LogP contribution in [-0.2, 0) is 27.4 Å². The number of morpholine rings is 1. The Morgan fingerprint density at radius 2 is 1.64 bits per heavy atom. The van der Waals surface area contributed by atoms with Crippen molar-refractivity contribution in [3.05, 3.63) is 114 Å². The lowest BCUT2D eigenvalue weighted by molar-refractivity contribution is -0.140. The summed E-state index contributed by atoms with van der Waals surface area (Å²) in [5.41, 5.74) is 5.81. The minimum atomic E-state index is -0.946. The highest BCUT2D eigenvalue weighted by molar-refractivity contribution is 5.98. The van der Waals surface area contributed by atoms with Crippen LogP contribution in [0.2, 0.25) is 0 Å². The van der Waals surface area contributed by atoms with Crippen LogP contribution in [0.3, 0.4) is 0 Å². The smallest absolute Gasteiger partial charge is 0.251 e. The molecule has 1 aliphatic heterocycles. The van der Waals surface area contributed by atoms with Gasteiger partial charge in [-0.25, -0.2) is 4.68 Å². The maximum atomic E-state index is 14.3. The Hall–Kier alpha value is -5.22. The summed E-state index contributed by atoms with van der Waals surface area (Å²) < 4.78 is 12.4. The van der Waals surface area contributed by atoms with Crippen molar-refractivity contribution < 1.29 is 19.1 Å². The normalized spacial score (nSPS) is 13.8. The lowest BCUT2D eigenvalue weighted by atomic mass is 10.0. The van der Waals surface area contributed by atoms with Gasteiger partial charge in [0.2, 0.25) is 5.91 Å². The molecule has 6 rings (SSSR count). The Labute approximate surface area is 262 Å². The number of fused-ring (bicyclic) bond motifs is 1. The zero-order valence-electron chi connectivity index (χ0n) is 25.4. The molecule has 0 aliphatic carbocycles. The minimum Gasteiger partial charge on any atom is -0.497 e. The Bertz CT molecular complexity index is 1750. The van der Waals surface area contributed by atoms with Gasteiger partial charge in [0.15, 0.2) is 0 Å². The van der Waals surface area contributed by atoms with E-state index in [2.05, 4.69) is 20.5 Å². The van der Waals surface area contributed by atoms with E-state index in [1.165, 1.54) is 0 Å². The number of aryl methyl sites for hydroxylation is 1. The van der Waals surface area contributed by atoms with Gasteiger partial charge in [-0.3, -0.25) is 9.59 Å². The van der Waals surface area contributed by atoms with E-state index in [-0.39, 0.29) is 24.9 Å². The molecule has 0 bridgehead atoms. The fourth-order valence-electron chi connectivity index (χ4n) is 5.51. The number of ether oxygens (including phenoxy) is 2. The van der Waals surface area contributed by atoms with E-state index >= 15 is 0 Å². The summed E-state index contributed by atoms with van der Waals surface area (Å²) in [4.78, 5) is 32.4. The number of nitrogens with one attached hydrogen (secondary N) is 1. The summed E-state index contributed by atoms with van der Waals surface area (Å²) in [6.07, 6.45) is 0. The van der Waals surface area contributed by atoms with E-state index in [0.717, 1.165) is 35.4 Å². The second kappa shape index (κ2) is 13.6. The van der Waals surface area contributed by atoms with Gasteiger partial charge in [0.05, 0.1) is 25.8 Å². The molecule has 1 aliphatic rings. The molecule has 230 valence electrons. The maximum absolute atomic E-state index is 14.3. The molecule has 1 N–H and O–H groups in total. The Kier molecular flexibility index (Phi) is 9.02. The van der Waals surface area contributed by atoms with Crippen LogP contribution in [-0.4, -0.2) is 65.1 Å². The lowest BCUT2D eigenvalue weighted by Crippen LogP contribution is -2.42. The number of hydrogen-bond acceptors (Lipinski definition) is 7. The van der Waals surface area contributed by atoms with Gasteiger partial charge in [-0.2, -0.15) is 0 Å². The van der Waals surface area contributed by atoms with E-state index in [1.807, 2.05) is 91.9 Å². The van der Waals surface area contributed by atoms with Crippen LogP contribution < -0.4 is 15.0 Å². The third kappa shape index (κ3) is 6.97. The summed E-state index contributed by atoms with van der Waals surface area (Å²) in [5.74, 6) is 0.0511. The first-order chi connectivity index (χ1) is 22.0. The molecule has 4 aromatic carbocycles. The number of hydrogen-bond donors (Lipinski definition) is 1. The van der Waals surface area contributed by atoms with E-state index in [1.54, 1.807) is 28.8 Å². The predicted molar refractivity (Wildman–Crippen MR) is 173 cm³/mol. The molecule has 2 amide bonds. The van der Waals surface area contributed by atoms with Gasteiger partial charge >= 0.3 is 0 Å². The van der Waals surface area contributed by atoms with Gasteiger partial charge in [-0.05, 0) is 66.6 Å². The third-order valence-corrected chi connectivity index (χ3v) is 8.00. The summed E-state index contributed by atoms with van der Waals surface area (Å²) in [5, 5.41) is 11.5. The quantitative estimate of drug-likeness (QED) is 0.240. The van der Waals surface area contributed by atoms with Crippen LogP contribution in [0.1, 0.15) is 22.7 Å². The van der Waals surface area contributed by atoms with Crippen molar-refractivity contribution in [1.82, 2.24) is 19.9 Å². The van der Waals surface area contributed by atoms with E-state index in [0.29, 0.717) is 35.7 Å². The molecule has 1 aromatic heterocycles. The lowest BCUT2D eigenvalue weighted by Gasteiger charge is -2.32. The summed E-state index contributed by atoms with van der Waals surface area (Å²) in [6, 6.07) is 29.5. The first kappa shape index (κ1) is 29.8. The second-order valence-corrected chi connectivity index (χ2v) is 11.1. The molecule has 0 radical (unpaired) electrons.